The van der Waals surface area contributed by atoms with Crippen LogP contribution in [0.15, 0.2) is 222 Å². The van der Waals surface area contributed by atoms with E-state index in [1.807, 2.05) is 23.1 Å². The Balaban J connectivity index is 1.21. The molecule has 1 nitrogen and oxygen atoms in total. The first kappa shape index (κ1) is 33.5. The quantitative estimate of drug-likeness (QED) is 0.127. The molecule has 1 spiro atoms. The predicted octanol–water partition coefficient (Wildman–Crippen LogP) is 11.7. The third-order valence-electron chi connectivity index (χ3n) is 13.2. The monoisotopic (exact) mass is 801 g/mol. The molecule has 0 fully saturated rings. The molecule has 0 amide bonds. The summed E-state index contributed by atoms with van der Waals surface area (Å²) >= 11 is 3.79. The summed E-state index contributed by atoms with van der Waals surface area (Å²) in [6.07, 6.45) is 0. The molecule has 0 aliphatic carbocycles. The lowest BCUT2D eigenvalue weighted by atomic mass is 9.63. The summed E-state index contributed by atoms with van der Waals surface area (Å²) in [7, 11) is -2.98. The van der Waals surface area contributed by atoms with Gasteiger partial charge in [0.15, 0.2) is 8.07 Å². The first-order valence-corrected chi connectivity index (χ1v) is 24.0. The van der Waals surface area contributed by atoms with Crippen molar-refractivity contribution in [3.05, 3.63) is 235 Å². The minimum absolute atomic E-state index is 0.519. The first-order chi connectivity index (χ1) is 29.3. The normalized spacial score (nSPS) is 13.8. The van der Waals surface area contributed by atoms with Crippen LogP contribution in [0.3, 0.4) is 0 Å². The number of aromatic nitrogens is 1. The van der Waals surface area contributed by atoms with Gasteiger partial charge < -0.3 is 4.57 Å². The third-order valence-corrected chi connectivity index (χ3v) is 20.3. The van der Waals surface area contributed by atoms with Gasteiger partial charge in [0, 0.05) is 40.7 Å². The summed E-state index contributed by atoms with van der Waals surface area (Å²) in [5.74, 6) is 0. The van der Waals surface area contributed by atoms with Gasteiger partial charge in [0.2, 0.25) is 0 Å². The van der Waals surface area contributed by atoms with Gasteiger partial charge in [0.25, 0.3) is 0 Å². The van der Waals surface area contributed by atoms with Crippen LogP contribution in [-0.2, 0) is 5.41 Å². The van der Waals surface area contributed by atoms with Crippen LogP contribution < -0.4 is 20.7 Å². The van der Waals surface area contributed by atoms with Crippen molar-refractivity contribution < 1.29 is 0 Å². The summed E-state index contributed by atoms with van der Waals surface area (Å²) in [5.41, 5.74) is 8.66. The number of hydrogen-bond acceptors (Lipinski definition) is 2. The first-order valence-electron chi connectivity index (χ1n) is 20.3. The molecule has 2 aliphatic heterocycles. The van der Waals surface area contributed by atoms with Crippen LogP contribution in [0.1, 0.15) is 22.3 Å². The summed E-state index contributed by atoms with van der Waals surface area (Å²) in [4.78, 5) is 2.63. The molecule has 0 N–H and O–H groups in total. The Morgan fingerprint density at radius 3 is 1.68 bits per heavy atom. The molecule has 2 aliphatic rings. The maximum atomic E-state index is 2.62. The highest BCUT2D eigenvalue weighted by Gasteiger charge is 2.50. The molecular weight excluding hydrogens is 767 g/mol. The molecule has 0 saturated carbocycles. The second-order valence-corrected chi connectivity index (χ2v) is 21.9. The Labute approximate surface area is 351 Å². The van der Waals surface area contributed by atoms with Gasteiger partial charge in [-0.1, -0.05) is 188 Å². The van der Waals surface area contributed by atoms with Crippen LogP contribution in [0.5, 0.6) is 0 Å². The smallest absolute Gasteiger partial charge is 0.179 e. The maximum Gasteiger partial charge on any atom is 0.179 e. The lowest BCUT2D eigenvalue weighted by Gasteiger charge is -2.46. The van der Waals surface area contributed by atoms with Crippen LogP contribution in [-0.4, -0.2) is 12.6 Å². The number of para-hydroxylation sites is 2. The van der Waals surface area contributed by atoms with E-state index >= 15 is 0 Å². The molecule has 0 bridgehead atoms. The van der Waals surface area contributed by atoms with E-state index in [0.717, 1.165) is 0 Å². The summed E-state index contributed by atoms with van der Waals surface area (Å²) in [6, 6.07) is 81.1. The van der Waals surface area contributed by atoms with Gasteiger partial charge in [-0.25, -0.2) is 0 Å². The van der Waals surface area contributed by atoms with Crippen molar-refractivity contribution in [3.8, 4) is 5.69 Å². The van der Waals surface area contributed by atoms with E-state index < -0.39 is 13.5 Å². The van der Waals surface area contributed by atoms with E-state index in [1.165, 1.54) is 100 Å². The average Bonchev–Trinajstić information content (AvgIpc) is 3.85. The van der Waals surface area contributed by atoms with Gasteiger partial charge >= 0.3 is 0 Å². The molecule has 0 radical (unpaired) electrons. The molecule has 59 heavy (non-hydrogen) atoms. The zero-order valence-corrected chi connectivity index (χ0v) is 34.6. The van der Waals surface area contributed by atoms with Crippen molar-refractivity contribution in [1.82, 2.24) is 4.57 Å². The van der Waals surface area contributed by atoms with Crippen molar-refractivity contribution in [2.24, 2.45) is 0 Å². The molecule has 4 heteroatoms. The van der Waals surface area contributed by atoms with Gasteiger partial charge in [-0.05, 0) is 79.4 Å². The lowest BCUT2D eigenvalue weighted by molar-refractivity contribution is 0.690. The van der Waals surface area contributed by atoms with Crippen LogP contribution in [0.4, 0.5) is 0 Å². The van der Waals surface area contributed by atoms with Crippen molar-refractivity contribution in [1.29, 1.82) is 0 Å². The second kappa shape index (κ2) is 12.5. The molecule has 276 valence electrons. The highest BCUT2D eigenvalue weighted by atomic mass is 32.2. The van der Waals surface area contributed by atoms with E-state index in [0.29, 0.717) is 0 Å². The zero-order valence-electron chi connectivity index (χ0n) is 32.0. The Morgan fingerprint density at radius 1 is 0.373 bits per heavy atom. The SMILES string of the molecule is c1ccc([Si](c2ccccc2)(c2ccc3c(c2)-n2c4ccccc4c4cccc(c42)C32c3ccccc3Sc3ccccc32)c2ccc3sc4ccccc4c3c2)cc1. The predicted molar refractivity (Wildman–Crippen MR) is 253 cm³/mol. The fourth-order valence-corrected chi connectivity index (χ4v) is 17.9. The van der Waals surface area contributed by atoms with Crippen LogP contribution >= 0.6 is 23.1 Å². The van der Waals surface area contributed by atoms with Gasteiger partial charge in [-0.3, -0.25) is 0 Å². The molecule has 4 heterocycles. The van der Waals surface area contributed by atoms with Crippen LogP contribution in [0.25, 0.3) is 47.7 Å². The maximum absolute atomic E-state index is 2.98. The van der Waals surface area contributed by atoms with Crippen LogP contribution in [0.2, 0.25) is 0 Å². The fraction of sp³-hybridized carbons (Fsp3) is 0.0182. The average molecular weight is 802 g/mol. The van der Waals surface area contributed by atoms with Gasteiger partial charge in [-0.2, -0.15) is 0 Å². The van der Waals surface area contributed by atoms with E-state index in [2.05, 4.69) is 217 Å². The molecule has 9 aromatic carbocycles. The molecule has 2 aromatic heterocycles. The standard InChI is InChI=1S/C55H35NS2Si/c1-3-16-36(17-4-1)59(37-18-5-2-6-19-37,38-31-33-51-43(34-38)41-21-8-12-27-50(41)57-51)39-30-32-44-49(35-39)56-48-26-11-7-20-40(48)42-22-15-25-47(54(42)56)55(44)45-23-9-13-28-52(45)58-53-29-14-10-24-46(53)55/h1-35H. The minimum atomic E-state index is -2.98. The zero-order chi connectivity index (χ0) is 38.7. The number of fused-ring (bicyclic) bond motifs is 14. The molecule has 11 aromatic rings. The Bertz CT molecular complexity index is 3400. The third kappa shape index (κ3) is 4.41. The van der Waals surface area contributed by atoms with Crippen LogP contribution in [0, 0.1) is 0 Å². The van der Waals surface area contributed by atoms with Gasteiger partial charge in [0.1, 0.15) is 0 Å². The molecule has 0 unspecified atom stereocenters. The summed E-state index contributed by atoms with van der Waals surface area (Å²) in [6.45, 7) is 0. The molecular formula is C55H35NS2Si. The Hall–Kier alpha value is -6.43. The lowest BCUT2D eigenvalue weighted by Crippen LogP contribution is -2.74. The Kier molecular flexibility index (Phi) is 7.12. The summed E-state index contributed by atoms with van der Waals surface area (Å²) in [5, 5.41) is 10.8. The number of hydrogen-bond donors (Lipinski definition) is 0. The number of benzene rings is 9. The highest BCUT2D eigenvalue weighted by Crippen LogP contribution is 2.60. The van der Waals surface area contributed by atoms with E-state index in [9.17, 15) is 0 Å². The Morgan fingerprint density at radius 2 is 0.932 bits per heavy atom. The largest absolute Gasteiger partial charge is 0.309 e. The van der Waals surface area contributed by atoms with E-state index in [4.69, 9.17) is 0 Å². The van der Waals surface area contributed by atoms with Crippen molar-refractivity contribution in [2.45, 2.75) is 15.2 Å². The second-order valence-electron chi connectivity index (χ2n) is 15.9. The highest BCUT2D eigenvalue weighted by molar-refractivity contribution is 7.99. The summed E-state index contributed by atoms with van der Waals surface area (Å²) < 4.78 is 5.28. The number of thiophene rings is 1. The van der Waals surface area contributed by atoms with Crippen molar-refractivity contribution >= 4 is 93.9 Å². The van der Waals surface area contributed by atoms with Crippen molar-refractivity contribution in [3.63, 3.8) is 0 Å². The topological polar surface area (TPSA) is 4.93 Å². The van der Waals surface area contributed by atoms with Gasteiger partial charge in [0.05, 0.1) is 22.1 Å². The fourth-order valence-electron chi connectivity index (χ4n) is 10.9. The number of nitrogens with zero attached hydrogens (tertiary/aromatic N) is 1. The van der Waals surface area contributed by atoms with E-state index in [-0.39, 0.29) is 0 Å². The molecule has 0 atom stereocenters. The minimum Gasteiger partial charge on any atom is -0.309 e. The molecule has 0 saturated heterocycles. The van der Waals surface area contributed by atoms with Crippen molar-refractivity contribution in [2.75, 3.05) is 0 Å². The van der Waals surface area contributed by atoms with E-state index in [1.54, 1.807) is 0 Å². The molecule has 13 rings (SSSR count). The number of rotatable bonds is 4. The van der Waals surface area contributed by atoms with Gasteiger partial charge in [-0.15, -0.1) is 11.3 Å².